The first kappa shape index (κ1) is 11.8. The fourth-order valence-electron chi connectivity index (χ4n) is 1.28. The van der Waals surface area contributed by atoms with E-state index < -0.39 is 0 Å². The van der Waals surface area contributed by atoms with Gasteiger partial charge >= 0.3 is 85.3 Å². The zero-order valence-corrected chi connectivity index (χ0v) is 11.2. The standard InChI is InChI=1S/C10H21.Sn.H/c1-3-5-7-9-10-8-6-4-2;;/h1,3-10H2,2H3;;. The topological polar surface area (TPSA) is 0 Å². The summed E-state index contributed by atoms with van der Waals surface area (Å²) in [6.45, 7) is 2.28. The van der Waals surface area contributed by atoms with Gasteiger partial charge < -0.3 is 0 Å². The molecule has 11 heavy (non-hydrogen) atoms. The molecule has 0 aromatic rings. The van der Waals surface area contributed by atoms with Gasteiger partial charge in [-0.15, -0.1) is 0 Å². The Balaban J connectivity index is 2.69. The van der Waals surface area contributed by atoms with Crippen LogP contribution in [-0.2, 0) is 0 Å². The van der Waals surface area contributed by atoms with Crippen LogP contribution in [0.1, 0.15) is 58.3 Å². The fourth-order valence-corrected chi connectivity index (χ4v) is 2.10. The van der Waals surface area contributed by atoms with Crippen molar-refractivity contribution in [2.45, 2.75) is 62.7 Å². The van der Waals surface area contributed by atoms with Crippen molar-refractivity contribution in [1.29, 1.82) is 0 Å². The SMILES string of the molecule is CCCCCCCCC[CH2][SnH]. The molecule has 0 amide bonds. The van der Waals surface area contributed by atoms with E-state index in [4.69, 9.17) is 0 Å². The zero-order valence-electron chi connectivity index (χ0n) is 7.94. The van der Waals surface area contributed by atoms with E-state index in [0.29, 0.717) is 0 Å². The van der Waals surface area contributed by atoms with Gasteiger partial charge in [0.25, 0.3) is 0 Å². The predicted octanol–water partition coefficient (Wildman–Crippen LogP) is 3.45. The van der Waals surface area contributed by atoms with Crippen LogP contribution in [0.15, 0.2) is 0 Å². The number of hydrogen-bond acceptors (Lipinski definition) is 0. The Bertz CT molecular complexity index is 53.9. The van der Waals surface area contributed by atoms with Gasteiger partial charge in [0, 0.05) is 0 Å². The third kappa shape index (κ3) is 10.8. The van der Waals surface area contributed by atoms with Gasteiger partial charge in [-0.05, 0) is 0 Å². The van der Waals surface area contributed by atoms with Gasteiger partial charge in [-0.2, -0.15) is 0 Å². The van der Waals surface area contributed by atoms with Crippen molar-refractivity contribution < 1.29 is 0 Å². The second-order valence-corrected chi connectivity index (χ2v) is 4.91. The van der Waals surface area contributed by atoms with Crippen molar-refractivity contribution in [3.8, 4) is 0 Å². The summed E-state index contributed by atoms with van der Waals surface area (Å²) >= 11 is 1.46. The summed E-state index contributed by atoms with van der Waals surface area (Å²) in [4.78, 5) is 0. The second-order valence-electron chi connectivity index (χ2n) is 3.26. The molecule has 0 unspecified atom stereocenters. The molecule has 0 fully saturated rings. The minimum absolute atomic E-state index is 1.38. The third-order valence-electron chi connectivity index (χ3n) is 2.06. The molecule has 0 N–H and O–H groups in total. The van der Waals surface area contributed by atoms with Gasteiger partial charge in [-0.1, -0.05) is 0 Å². The van der Waals surface area contributed by atoms with Crippen LogP contribution >= 0.6 is 0 Å². The van der Waals surface area contributed by atoms with Gasteiger partial charge in [0.1, 0.15) is 0 Å². The maximum absolute atomic E-state index is 2.28. The molecule has 0 aliphatic rings. The molecule has 2 radical (unpaired) electrons. The second kappa shape index (κ2) is 10.8. The van der Waals surface area contributed by atoms with Gasteiger partial charge in [-0.3, -0.25) is 0 Å². The molecule has 0 saturated carbocycles. The van der Waals surface area contributed by atoms with Crippen LogP contribution in [0, 0.1) is 0 Å². The molecule has 0 atom stereocenters. The molecule has 1 heteroatoms. The molecular weight excluding hydrogens is 239 g/mol. The molecule has 0 rings (SSSR count). The summed E-state index contributed by atoms with van der Waals surface area (Å²) < 4.78 is 1.50. The molecule has 0 heterocycles. The van der Waals surface area contributed by atoms with Crippen molar-refractivity contribution in [3.63, 3.8) is 0 Å². The molecule has 0 nitrogen and oxygen atoms in total. The van der Waals surface area contributed by atoms with Crippen molar-refractivity contribution in [2.75, 3.05) is 0 Å². The quantitative estimate of drug-likeness (QED) is 0.463. The monoisotopic (exact) mass is 262 g/mol. The average molecular weight is 261 g/mol. The Hall–Kier alpha value is 0.799. The van der Waals surface area contributed by atoms with Crippen LogP contribution < -0.4 is 0 Å². The third-order valence-corrected chi connectivity index (χ3v) is 3.22. The molecule has 0 spiro atoms. The number of rotatable bonds is 8. The molecular formula is C10H22Sn. The Labute approximate surface area is 85.2 Å². The Kier molecular flexibility index (Phi) is 11.6. The van der Waals surface area contributed by atoms with Crippen LogP contribution in [0.4, 0.5) is 0 Å². The summed E-state index contributed by atoms with van der Waals surface area (Å²) in [6.07, 6.45) is 11.7. The maximum atomic E-state index is 2.28. The molecule has 0 aliphatic heterocycles. The van der Waals surface area contributed by atoms with Gasteiger partial charge in [0.05, 0.1) is 0 Å². The molecule has 0 aromatic carbocycles. The zero-order chi connectivity index (χ0) is 8.36. The van der Waals surface area contributed by atoms with Crippen LogP contribution in [0.5, 0.6) is 0 Å². The van der Waals surface area contributed by atoms with E-state index in [1.807, 2.05) is 0 Å². The van der Waals surface area contributed by atoms with Crippen LogP contribution in [0.2, 0.25) is 4.44 Å². The van der Waals surface area contributed by atoms with Crippen LogP contribution in [0.3, 0.4) is 0 Å². The Morgan fingerprint density at radius 1 is 0.727 bits per heavy atom. The van der Waals surface area contributed by atoms with E-state index >= 15 is 0 Å². The summed E-state index contributed by atoms with van der Waals surface area (Å²) in [5.41, 5.74) is 0. The van der Waals surface area contributed by atoms with Gasteiger partial charge in [0.2, 0.25) is 0 Å². The van der Waals surface area contributed by atoms with Crippen molar-refractivity contribution in [2.24, 2.45) is 0 Å². The number of unbranched alkanes of at least 4 members (excludes halogenated alkanes) is 7. The van der Waals surface area contributed by atoms with E-state index in [0.717, 1.165) is 0 Å². The van der Waals surface area contributed by atoms with Crippen molar-refractivity contribution >= 4 is 22.5 Å². The molecule has 0 aromatic heterocycles. The van der Waals surface area contributed by atoms with Gasteiger partial charge in [-0.25, -0.2) is 0 Å². The molecule has 0 saturated heterocycles. The van der Waals surface area contributed by atoms with Crippen LogP contribution in [0.25, 0.3) is 0 Å². The first-order valence-corrected chi connectivity index (χ1v) is 7.45. The Morgan fingerprint density at radius 2 is 1.18 bits per heavy atom. The summed E-state index contributed by atoms with van der Waals surface area (Å²) in [5, 5.41) is 0. The number of hydrogen-bond donors (Lipinski definition) is 0. The van der Waals surface area contributed by atoms with E-state index in [-0.39, 0.29) is 0 Å². The normalized spacial score (nSPS) is 10.4. The summed E-state index contributed by atoms with van der Waals surface area (Å²) in [7, 11) is 0. The molecule has 66 valence electrons. The molecule has 0 bridgehead atoms. The van der Waals surface area contributed by atoms with E-state index in [1.54, 1.807) is 0 Å². The summed E-state index contributed by atoms with van der Waals surface area (Å²) in [5.74, 6) is 0. The average Bonchev–Trinajstić information content (AvgIpc) is 2.03. The fraction of sp³-hybridized carbons (Fsp3) is 1.00. The Morgan fingerprint density at radius 3 is 1.64 bits per heavy atom. The van der Waals surface area contributed by atoms with Gasteiger partial charge in [0.15, 0.2) is 0 Å². The van der Waals surface area contributed by atoms with E-state index in [9.17, 15) is 0 Å². The van der Waals surface area contributed by atoms with Crippen LogP contribution in [-0.4, -0.2) is 22.5 Å². The van der Waals surface area contributed by atoms with Crippen molar-refractivity contribution in [1.82, 2.24) is 0 Å². The first-order chi connectivity index (χ1) is 5.41. The van der Waals surface area contributed by atoms with E-state index in [1.165, 1.54) is 78.3 Å². The van der Waals surface area contributed by atoms with Crippen molar-refractivity contribution in [3.05, 3.63) is 0 Å². The summed E-state index contributed by atoms with van der Waals surface area (Å²) in [6, 6.07) is 0. The predicted molar refractivity (Wildman–Crippen MR) is 54.6 cm³/mol. The minimum atomic E-state index is 1.38. The van der Waals surface area contributed by atoms with E-state index in [2.05, 4.69) is 6.92 Å². The molecule has 0 aliphatic carbocycles. The first-order valence-electron chi connectivity index (χ1n) is 5.12.